The first kappa shape index (κ1) is 17.3. The second-order valence-electron chi connectivity index (χ2n) is 5.14. The van der Waals surface area contributed by atoms with Crippen LogP contribution in [0.5, 0.6) is 5.75 Å². The molecule has 0 bridgehead atoms. The fourth-order valence-electron chi connectivity index (χ4n) is 2.17. The first-order valence-corrected chi connectivity index (χ1v) is 7.90. The lowest BCUT2D eigenvalue weighted by Gasteiger charge is -2.09. The minimum Gasteiger partial charge on any atom is -0.496 e. The van der Waals surface area contributed by atoms with Gasteiger partial charge >= 0.3 is 0 Å². The van der Waals surface area contributed by atoms with Gasteiger partial charge in [-0.2, -0.15) is 0 Å². The molecule has 0 unspecified atom stereocenters. The third-order valence-corrected chi connectivity index (χ3v) is 3.69. The van der Waals surface area contributed by atoms with Crippen LogP contribution in [0.3, 0.4) is 0 Å². The van der Waals surface area contributed by atoms with Crippen LogP contribution in [0.15, 0.2) is 48.5 Å². The van der Waals surface area contributed by atoms with Crippen LogP contribution in [0, 0.1) is 0 Å². The van der Waals surface area contributed by atoms with Gasteiger partial charge in [-0.3, -0.25) is 4.79 Å². The maximum Gasteiger partial charge on any atom is 0.221 e. The highest BCUT2D eigenvalue weighted by atomic mass is 35.5. The summed E-state index contributed by atoms with van der Waals surface area (Å²) in [4.78, 5) is 11.8. The van der Waals surface area contributed by atoms with Crippen molar-refractivity contribution in [3.63, 3.8) is 0 Å². The molecule has 0 spiro atoms. The summed E-state index contributed by atoms with van der Waals surface area (Å²) in [6, 6.07) is 15.3. The van der Waals surface area contributed by atoms with Gasteiger partial charge in [0.1, 0.15) is 5.75 Å². The lowest BCUT2D eigenvalue weighted by atomic mass is 10.2. The average molecular weight is 333 g/mol. The van der Waals surface area contributed by atoms with Gasteiger partial charge in [0.25, 0.3) is 0 Å². The molecule has 0 aliphatic heterocycles. The Hall–Kier alpha value is -2.04. The molecule has 0 radical (unpaired) electrons. The largest absolute Gasteiger partial charge is 0.496 e. The number of ether oxygens (including phenoxy) is 1. The summed E-state index contributed by atoms with van der Waals surface area (Å²) < 4.78 is 5.29. The monoisotopic (exact) mass is 332 g/mol. The number of rotatable bonds is 8. The van der Waals surface area contributed by atoms with Crippen molar-refractivity contribution in [1.82, 2.24) is 10.6 Å². The van der Waals surface area contributed by atoms with Crippen molar-refractivity contribution in [2.24, 2.45) is 0 Å². The van der Waals surface area contributed by atoms with E-state index >= 15 is 0 Å². The molecule has 0 fully saturated rings. The zero-order valence-corrected chi connectivity index (χ0v) is 13.9. The molecule has 2 aromatic carbocycles. The Morgan fingerprint density at radius 2 is 1.83 bits per heavy atom. The summed E-state index contributed by atoms with van der Waals surface area (Å²) in [5, 5.41) is 6.84. The molecule has 122 valence electrons. The second-order valence-corrected chi connectivity index (χ2v) is 5.58. The van der Waals surface area contributed by atoms with Gasteiger partial charge in [0.2, 0.25) is 5.91 Å². The minimum atomic E-state index is 0.0208. The van der Waals surface area contributed by atoms with Crippen LogP contribution < -0.4 is 15.4 Å². The quantitative estimate of drug-likeness (QED) is 0.730. The summed E-state index contributed by atoms with van der Waals surface area (Å²) in [5.41, 5.74) is 2.11. The molecule has 0 saturated heterocycles. The van der Waals surface area contributed by atoms with E-state index in [-0.39, 0.29) is 5.91 Å². The van der Waals surface area contributed by atoms with Crippen LogP contribution in [0.2, 0.25) is 5.02 Å². The summed E-state index contributed by atoms with van der Waals surface area (Å²) in [7, 11) is 1.66. The van der Waals surface area contributed by atoms with Crippen molar-refractivity contribution in [3.8, 4) is 5.75 Å². The number of benzene rings is 2. The predicted molar refractivity (Wildman–Crippen MR) is 92.6 cm³/mol. The molecule has 0 aliphatic rings. The lowest BCUT2D eigenvalue weighted by Crippen LogP contribution is -2.27. The van der Waals surface area contributed by atoms with Gasteiger partial charge in [-0.1, -0.05) is 41.9 Å². The molecule has 0 atom stereocenters. The third kappa shape index (κ3) is 5.93. The Morgan fingerprint density at radius 3 is 2.57 bits per heavy atom. The molecule has 2 aromatic rings. The zero-order chi connectivity index (χ0) is 16.5. The Bertz CT molecular complexity index is 629. The molecule has 2 N–H and O–H groups in total. The summed E-state index contributed by atoms with van der Waals surface area (Å²) in [6.07, 6.45) is 0.433. The minimum absolute atomic E-state index is 0.0208. The summed E-state index contributed by atoms with van der Waals surface area (Å²) in [5.74, 6) is 0.875. The van der Waals surface area contributed by atoms with E-state index < -0.39 is 0 Å². The van der Waals surface area contributed by atoms with Crippen LogP contribution >= 0.6 is 11.6 Å². The Balaban J connectivity index is 1.66. The fourth-order valence-corrected chi connectivity index (χ4v) is 2.29. The van der Waals surface area contributed by atoms with E-state index in [1.165, 1.54) is 0 Å². The average Bonchev–Trinajstić information content (AvgIpc) is 2.58. The topological polar surface area (TPSA) is 50.4 Å². The molecule has 0 heterocycles. The Kier molecular flexibility index (Phi) is 6.91. The number of hydrogen-bond acceptors (Lipinski definition) is 3. The Labute approximate surface area is 141 Å². The molecule has 5 heteroatoms. The molecule has 23 heavy (non-hydrogen) atoms. The maximum atomic E-state index is 11.8. The molecular weight excluding hydrogens is 312 g/mol. The van der Waals surface area contributed by atoms with E-state index in [0.29, 0.717) is 31.1 Å². The van der Waals surface area contributed by atoms with Crippen molar-refractivity contribution >= 4 is 17.5 Å². The van der Waals surface area contributed by atoms with E-state index in [1.54, 1.807) is 7.11 Å². The lowest BCUT2D eigenvalue weighted by molar-refractivity contribution is -0.121. The molecule has 0 aliphatic carbocycles. The second kappa shape index (κ2) is 9.18. The van der Waals surface area contributed by atoms with Gasteiger partial charge in [0, 0.05) is 36.6 Å². The molecule has 1 amide bonds. The SMILES string of the molecule is COc1ccccc1CNCCC(=O)NCc1ccc(Cl)cc1. The highest BCUT2D eigenvalue weighted by Crippen LogP contribution is 2.16. The van der Waals surface area contributed by atoms with E-state index in [0.717, 1.165) is 16.9 Å². The number of halogens is 1. The van der Waals surface area contributed by atoms with Gasteiger partial charge in [-0.05, 0) is 23.8 Å². The number of hydrogen-bond donors (Lipinski definition) is 2. The predicted octanol–water partition coefficient (Wildman–Crippen LogP) is 3.14. The fraction of sp³-hybridized carbons (Fsp3) is 0.278. The number of para-hydroxylation sites is 1. The number of carbonyl (C=O) groups is 1. The van der Waals surface area contributed by atoms with Crippen LogP contribution in [0.1, 0.15) is 17.5 Å². The van der Waals surface area contributed by atoms with Crippen molar-refractivity contribution in [2.45, 2.75) is 19.5 Å². The van der Waals surface area contributed by atoms with Crippen LogP contribution in [-0.4, -0.2) is 19.6 Å². The van der Waals surface area contributed by atoms with Gasteiger partial charge in [-0.15, -0.1) is 0 Å². The van der Waals surface area contributed by atoms with Crippen molar-refractivity contribution in [3.05, 3.63) is 64.7 Å². The number of amides is 1. The molecule has 2 rings (SSSR count). The normalized spacial score (nSPS) is 10.3. The van der Waals surface area contributed by atoms with Crippen molar-refractivity contribution in [2.75, 3.05) is 13.7 Å². The van der Waals surface area contributed by atoms with Gasteiger partial charge < -0.3 is 15.4 Å². The number of carbonyl (C=O) groups excluding carboxylic acids is 1. The first-order valence-electron chi connectivity index (χ1n) is 7.53. The third-order valence-electron chi connectivity index (χ3n) is 3.44. The maximum absolute atomic E-state index is 11.8. The zero-order valence-electron chi connectivity index (χ0n) is 13.1. The summed E-state index contributed by atoms with van der Waals surface area (Å²) >= 11 is 5.83. The van der Waals surface area contributed by atoms with Crippen molar-refractivity contribution in [1.29, 1.82) is 0 Å². The van der Waals surface area contributed by atoms with Gasteiger partial charge in [-0.25, -0.2) is 0 Å². The van der Waals surface area contributed by atoms with Crippen molar-refractivity contribution < 1.29 is 9.53 Å². The van der Waals surface area contributed by atoms with Gasteiger partial charge in [0.05, 0.1) is 7.11 Å². The van der Waals surface area contributed by atoms with E-state index in [2.05, 4.69) is 10.6 Å². The highest BCUT2D eigenvalue weighted by Gasteiger charge is 2.03. The van der Waals surface area contributed by atoms with Gasteiger partial charge in [0.15, 0.2) is 0 Å². The Morgan fingerprint density at radius 1 is 1.09 bits per heavy atom. The van der Waals surface area contributed by atoms with E-state index in [1.807, 2.05) is 48.5 Å². The van der Waals surface area contributed by atoms with E-state index in [9.17, 15) is 4.79 Å². The van der Waals surface area contributed by atoms with E-state index in [4.69, 9.17) is 16.3 Å². The smallest absolute Gasteiger partial charge is 0.221 e. The molecule has 4 nitrogen and oxygen atoms in total. The standard InChI is InChI=1S/C18H21ClN2O2/c1-23-17-5-3-2-4-15(17)13-20-11-10-18(22)21-12-14-6-8-16(19)9-7-14/h2-9,20H,10-13H2,1H3,(H,21,22). The van der Waals surface area contributed by atoms with Crippen LogP contribution in [-0.2, 0) is 17.9 Å². The van der Waals surface area contributed by atoms with Crippen LogP contribution in [0.4, 0.5) is 0 Å². The molecule has 0 aromatic heterocycles. The first-order chi connectivity index (χ1) is 11.2. The number of nitrogens with one attached hydrogen (secondary N) is 2. The molecule has 0 saturated carbocycles. The number of methoxy groups -OCH3 is 1. The summed E-state index contributed by atoms with van der Waals surface area (Å²) in [6.45, 7) is 1.81. The molecular formula is C18H21ClN2O2. The van der Waals surface area contributed by atoms with Crippen LogP contribution in [0.25, 0.3) is 0 Å². The highest BCUT2D eigenvalue weighted by molar-refractivity contribution is 6.30.